The molecular formula is C14H16FNO3. The fraction of sp³-hybridized carbons (Fsp3) is 0.429. The smallest absolute Gasteiger partial charge is 0.299 e. The second-order valence-electron chi connectivity index (χ2n) is 4.56. The molecule has 0 bridgehead atoms. The first-order chi connectivity index (χ1) is 9.16. The molecule has 1 aliphatic rings. The number of carbonyl (C=O) groups is 2. The van der Waals surface area contributed by atoms with Gasteiger partial charge in [-0.1, -0.05) is 18.9 Å². The van der Waals surface area contributed by atoms with E-state index >= 15 is 0 Å². The summed E-state index contributed by atoms with van der Waals surface area (Å²) in [5, 5.41) is 8.66. The monoisotopic (exact) mass is 265 g/mol. The Hall–Kier alpha value is -1.75. The van der Waals surface area contributed by atoms with Crippen molar-refractivity contribution in [1.29, 1.82) is 0 Å². The van der Waals surface area contributed by atoms with E-state index in [9.17, 15) is 14.0 Å². The number of para-hydroxylation sites is 1. The molecule has 0 spiro atoms. The second-order valence-corrected chi connectivity index (χ2v) is 4.56. The third-order valence-corrected chi connectivity index (χ3v) is 3.23. The minimum atomic E-state index is -0.651. The molecule has 0 aromatic heterocycles. The lowest BCUT2D eigenvalue weighted by atomic mass is 10.1. The number of rotatable bonds is 6. The van der Waals surface area contributed by atoms with Crippen molar-refractivity contribution >= 4 is 17.4 Å². The fourth-order valence-electron chi connectivity index (χ4n) is 2.26. The Morgan fingerprint density at radius 1 is 1.11 bits per heavy atom. The highest BCUT2D eigenvalue weighted by atomic mass is 19.1. The molecule has 0 radical (unpaired) electrons. The first-order valence-electron chi connectivity index (χ1n) is 6.42. The van der Waals surface area contributed by atoms with Crippen LogP contribution in [0, 0.1) is 5.82 Å². The summed E-state index contributed by atoms with van der Waals surface area (Å²) >= 11 is 0. The van der Waals surface area contributed by atoms with Gasteiger partial charge in [-0.25, -0.2) is 4.39 Å². The molecule has 0 aliphatic carbocycles. The number of fused-ring (bicyclic) bond motifs is 1. The van der Waals surface area contributed by atoms with Crippen molar-refractivity contribution < 1.29 is 19.1 Å². The van der Waals surface area contributed by atoms with Crippen LogP contribution in [-0.2, 0) is 4.79 Å². The van der Waals surface area contributed by atoms with Gasteiger partial charge in [0, 0.05) is 13.2 Å². The molecule has 102 valence electrons. The van der Waals surface area contributed by atoms with Crippen LogP contribution in [0.4, 0.5) is 10.1 Å². The Bertz CT molecular complexity index is 501. The fourth-order valence-corrected chi connectivity index (χ4v) is 2.26. The van der Waals surface area contributed by atoms with Crippen molar-refractivity contribution in [2.75, 3.05) is 18.1 Å². The lowest BCUT2D eigenvalue weighted by molar-refractivity contribution is -0.114. The average Bonchev–Trinajstić information content (AvgIpc) is 2.65. The molecule has 4 nitrogen and oxygen atoms in total. The van der Waals surface area contributed by atoms with Gasteiger partial charge in [0.2, 0.25) is 0 Å². The highest BCUT2D eigenvalue weighted by molar-refractivity contribution is 6.52. The summed E-state index contributed by atoms with van der Waals surface area (Å²) in [5.74, 6) is -1.82. The zero-order chi connectivity index (χ0) is 13.8. The third kappa shape index (κ3) is 2.66. The molecule has 5 heteroatoms. The van der Waals surface area contributed by atoms with Crippen molar-refractivity contribution in [3.63, 3.8) is 0 Å². The van der Waals surface area contributed by atoms with Crippen molar-refractivity contribution in [3.05, 3.63) is 29.6 Å². The van der Waals surface area contributed by atoms with Crippen LogP contribution in [0.3, 0.4) is 0 Å². The maximum atomic E-state index is 13.7. The van der Waals surface area contributed by atoms with E-state index in [-0.39, 0.29) is 17.9 Å². The molecule has 1 N–H and O–H groups in total. The summed E-state index contributed by atoms with van der Waals surface area (Å²) in [5.41, 5.74) is 0.264. The van der Waals surface area contributed by atoms with Gasteiger partial charge in [0.05, 0.1) is 11.3 Å². The number of ketones is 1. The molecule has 0 saturated heterocycles. The number of nitrogens with zero attached hydrogens (tertiary/aromatic N) is 1. The maximum absolute atomic E-state index is 13.7. The number of amides is 1. The summed E-state index contributed by atoms with van der Waals surface area (Å²) < 4.78 is 13.7. The van der Waals surface area contributed by atoms with Crippen molar-refractivity contribution in [2.24, 2.45) is 0 Å². The SMILES string of the molecule is O=C1C(=O)N(CCCCCCO)c2c(F)cccc21. The van der Waals surface area contributed by atoms with E-state index in [2.05, 4.69) is 0 Å². The van der Waals surface area contributed by atoms with Crippen molar-refractivity contribution in [3.8, 4) is 0 Å². The van der Waals surface area contributed by atoms with Crippen LogP contribution < -0.4 is 4.90 Å². The Morgan fingerprint density at radius 2 is 1.84 bits per heavy atom. The van der Waals surface area contributed by atoms with Crippen LogP contribution in [0.15, 0.2) is 18.2 Å². The molecule has 0 unspecified atom stereocenters. The van der Waals surface area contributed by atoms with Crippen LogP contribution in [-0.4, -0.2) is 29.9 Å². The molecule has 19 heavy (non-hydrogen) atoms. The van der Waals surface area contributed by atoms with Crippen LogP contribution in [0.25, 0.3) is 0 Å². The third-order valence-electron chi connectivity index (χ3n) is 3.23. The number of hydrogen-bond donors (Lipinski definition) is 1. The van der Waals surface area contributed by atoms with Crippen LogP contribution in [0.5, 0.6) is 0 Å². The van der Waals surface area contributed by atoms with Crippen molar-refractivity contribution in [2.45, 2.75) is 25.7 Å². The molecule has 0 atom stereocenters. The average molecular weight is 265 g/mol. The Kier molecular flexibility index (Phi) is 4.27. The first-order valence-corrected chi connectivity index (χ1v) is 6.42. The van der Waals surface area contributed by atoms with E-state index in [0.29, 0.717) is 13.0 Å². The van der Waals surface area contributed by atoms with Gasteiger partial charge in [0.25, 0.3) is 11.7 Å². The zero-order valence-corrected chi connectivity index (χ0v) is 10.6. The van der Waals surface area contributed by atoms with Gasteiger partial charge < -0.3 is 10.0 Å². The van der Waals surface area contributed by atoms with Gasteiger partial charge >= 0.3 is 0 Å². The molecule has 1 aromatic rings. The van der Waals surface area contributed by atoms with Gasteiger partial charge in [0.15, 0.2) is 0 Å². The summed E-state index contributed by atoms with van der Waals surface area (Å²) in [6.45, 7) is 0.489. The molecule has 0 saturated carbocycles. The highest BCUT2D eigenvalue weighted by Crippen LogP contribution is 2.31. The molecule has 2 rings (SSSR count). The minimum Gasteiger partial charge on any atom is -0.396 e. The number of Topliss-reactive ketones (excluding diaryl/α,β-unsaturated/α-hetero) is 1. The van der Waals surface area contributed by atoms with E-state index in [0.717, 1.165) is 19.3 Å². The van der Waals surface area contributed by atoms with Crippen LogP contribution >= 0.6 is 0 Å². The van der Waals surface area contributed by atoms with Crippen LogP contribution in [0.2, 0.25) is 0 Å². The highest BCUT2D eigenvalue weighted by Gasteiger charge is 2.37. The normalized spacial score (nSPS) is 14.1. The van der Waals surface area contributed by atoms with Gasteiger partial charge in [-0.2, -0.15) is 0 Å². The number of halogens is 1. The van der Waals surface area contributed by atoms with E-state index in [4.69, 9.17) is 5.11 Å². The number of hydrogen-bond acceptors (Lipinski definition) is 3. The van der Waals surface area contributed by atoms with Gasteiger partial charge in [-0.05, 0) is 25.0 Å². The van der Waals surface area contributed by atoms with Gasteiger partial charge in [0.1, 0.15) is 5.82 Å². The molecule has 0 fully saturated rings. The summed E-state index contributed by atoms with van der Waals surface area (Å²) in [7, 11) is 0. The van der Waals surface area contributed by atoms with Gasteiger partial charge in [-0.3, -0.25) is 9.59 Å². The van der Waals surface area contributed by atoms with E-state index in [1.807, 2.05) is 0 Å². The lowest BCUT2D eigenvalue weighted by Crippen LogP contribution is -2.31. The number of unbranched alkanes of at least 4 members (excludes halogenated alkanes) is 3. The zero-order valence-electron chi connectivity index (χ0n) is 10.6. The first kappa shape index (κ1) is 13.7. The number of carbonyl (C=O) groups excluding carboxylic acids is 2. The molecule has 1 heterocycles. The number of aliphatic hydroxyl groups excluding tert-OH is 1. The van der Waals surface area contributed by atoms with E-state index in [1.54, 1.807) is 0 Å². The number of aliphatic hydroxyl groups is 1. The minimum absolute atomic E-state index is 0.111. The maximum Gasteiger partial charge on any atom is 0.299 e. The summed E-state index contributed by atoms with van der Waals surface area (Å²) in [6.07, 6.45) is 3.10. The standard InChI is InChI=1S/C14H16FNO3/c15-11-7-5-6-10-12(11)16(14(19)13(10)18)8-3-1-2-4-9-17/h5-7,17H,1-4,8-9H2. The molecule has 1 aliphatic heterocycles. The Balaban J connectivity index is 2.06. The second kappa shape index (κ2) is 5.93. The largest absolute Gasteiger partial charge is 0.396 e. The topological polar surface area (TPSA) is 57.6 Å². The summed E-state index contributed by atoms with van der Waals surface area (Å²) in [4.78, 5) is 24.7. The predicted molar refractivity (Wildman–Crippen MR) is 68.6 cm³/mol. The Labute approximate surface area is 110 Å². The molecule has 1 aromatic carbocycles. The van der Waals surface area contributed by atoms with E-state index in [1.165, 1.54) is 23.1 Å². The number of anilines is 1. The quantitative estimate of drug-likeness (QED) is 0.631. The van der Waals surface area contributed by atoms with Crippen molar-refractivity contribution in [1.82, 2.24) is 0 Å². The van der Waals surface area contributed by atoms with E-state index < -0.39 is 17.5 Å². The number of benzene rings is 1. The Morgan fingerprint density at radius 3 is 2.58 bits per heavy atom. The van der Waals surface area contributed by atoms with Gasteiger partial charge in [-0.15, -0.1) is 0 Å². The lowest BCUT2D eigenvalue weighted by Gasteiger charge is -2.16. The van der Waals surface area contributed by atoms with Crippen LogP contribution in [0.1, 0.15) is 36.0 Å². The predicted octanol–water partition coefficient (Wildman–Crippen LogP) is 1.91. The summed E-state index contributed by atoms with van der Waals surface area (Å²) in [6, 6.07) is 4.16. The molecular weight excluding hydrogens is 249 g/mol. The molecule has 1 amide bonds.